The molecular weight excluding hydrogens is 178 g/mol. The van der Waals surface area contributed by atoms with Crippen LogP contribution in [0.15, 0.2) is 0 Å². The normalized spacial score (nSPS) is 21.1. The van der Waals surface area contributed by atoms with Gasteiger partial charge in [0.2, 0.25) is 0 Å². The van der Waals surface area contributed by atoms with E-state index < -0.39 is 12.0 Å². The first-order valence-electron chi connectivity index (χ1n) is 5.42. The molecule has 1 atom stereocenters. The van der Waals surface area contributed by atoms with Gasteiger partial charge in [-0.3, -0.25) is 4.79 Å². The van der Waals surface area contributed by atoms with Crippen LogP contribution in [0.1, 0.15) is 46.0 Å². The average molecular weight is 199 g/mol. The summed E-state index contributed by atoms with van der Waals surface area (Å²) in [7, 11) is 0. The number of hydrogen-bond donors (Lipinski definition) is 2. The molecule has 3 N–H and O–H groups in total. The van der Waals surface area contributed by atoms with Crippen molar-refractivity contribution in [3.8, 4) is 0 Å². The van der Waals surface area contributed by atoms with Crippen LogP contribution < -0.4 is 5.73 Å². The van der Waals surface area contributed by atoms with Gasteiger partial charge in [0, 0.05) is 0 Å². The van der Waals surface area contributed by atoms with Gasteiger partial charge in [-0.25, -0.2) is 0 Å². The lowest BCUT2D eigenvalue weighted by molar-refractivity contribution is -0.141. The summed E-state index contributed by atoms with van der Waals surface area (Å²) in [4.78, 5) is 10.8. The molecule has 3 heteroatoms. The first kappa shape index (κ1) is 11.5. The van der Waals surface area contributed by atoms with E-state index >= 15 is 0 Å². The van der Waals surface area contributed by atoms with Gasteiger partial charge in [-0.1, -0.05) is 39.5 Å². The van der Waals surface area contributed by atoms with Gasteiger partial charge in [0.05, 0.1) is 0 Å². The van der Waals surface area contributed by atoms with Crippen molar-refractivity contribution < 1.29 is 9.90 Å². The van der Waals surface area contributed by atoms with Crippen LogP contribution in [-0.2, 0) is 4.79 Å². The number of aliphatic carboxylic acids is 1. The van der Waals surface area contributed by atoms with Gasteiger partial charge >= 0.3 is 5.97 Å². The summed E-state index contributed by atoms with van der Waals surface area (Å²) in [5.41, 5.74) is 5.40. The molecule has 1 saturated carbocycles. The van der Waals surface area contributed by atoms with E-state index in [2.05, 4.69) is 0 Å². The molecule has 0 aliphatic heterocycles. The molecule has 0 aromatic heterocycles. The SMILES string of the molecule is CC(C)(CC1CCCC1)C(N)C(=O)O. The van der Waals surface area contributed by atoms with E-state index in [1.54, 1.807) is 0 Å². The lowest BCUT2D eigenvalue weighted by Crippen LogP contribution is -2.44. The fourth-order valence-corrected chi connectivity index (χ4v) is 2.42. The molecule has 0 aromatic carbocycles. The van der Waals surface area contributed by atoms with Gasteiger partial charge in [-0.05, 0) is 17.8 Å². The van der Waals surface area contributed by atoms with Gasteiger partial charge in [0.1, 0.15) is 6.04 Å². The summed E-state index contributed by atoms with van der Waals surface area (Å²) >= 11 is 0. The summed E-state index contributed by atoms with van der Waals surface area (Å²) in [6, 6.07) is -0.733. The third-order valence-corrected chi connectivity index (χ3v) is 3.40. The van der Waals surface area contributed by atoms with Gasteiger partial charge in [0.25, 0.3) is 0 Å². The summed E-state index contributed by atoms with van der Waals surface area (Å²) in [5, 5.41) is 8.87. The maximum atomic E-state index is 10.8. The second-order valence-corrected chi connectivity index (χ2v) is 5.16. The van der Waals surface area contributed by atoms with Crippen molar-refractivity contribution in [1.82, 2.24) is 0 Å². The van der Waals surface area contributed by atoms with E-state index in [4.69, 9.17) is 10.8 Å². The van der Waals surface area contributed by atoms with Crippen molar-refractivity contribution in [1.29, 1.82) is 0 Å². The molecule has 0 heterocycles. The molecule has 0 aromatic rings. The minimum Gasteiger partial charge on any atom is -0.480 e. The molecule has 1 aliphatic carbocycles. The van der Waals surface area contributed by atoms with Crippen molar-refractivity contribution in [2.45, 2.75) is 52.0 Å². The summed E-state index contributed by atoms with van der Waals surface area (Å²) in [5.74, 6) is -0.191. The van der Waals surface area contributed by atoms with Crippen molar-refractivity contribution in [2.24, 2.45) is 17.1 Å². The zero-order valence-electron chi connectivity index (χ0n) is 9.12. The minimum atomic E-state index is -0.881. The minimum absolute atomic E-state index is 0.277. The van der Waals surface area contributed by atoms with Crippen molar-refractivity contribution in [3.05, 3.63) is 0 Å². The fourth-order valence-electron chi connectivity index (χ4n) is 2.42. The highest BCUT2D eigenvalue weighted by molar-refractivity contribution is 5.74. The van der Waals surface area contributed by atoms with Gasteiger partial charge in [-0.15, -0.1) is 0 Å². The Bertz CT molecular complexity index is 207. The van der Waals surface area contributed by atoms with Crippen LogP contribution in [0.4, 0.5) is 0 Å². The summed E-state index contributed by atoms with van der Waals surface area (Å²) < 4.78 is 0. The molecule has 3 nitrogen and oxygen atoms in total. The lowest BCUT2D eigenvalue weighted by Gasteiger charge is -2.31. The van der Waals surface area contributed by atoms with Crippen LogP contribution in [0.5, 0.6) is 0 Å². The van der Waals surface area contributed by atoms with Gasteiger partial charge in [0.15, 0.2) is 0 Å². The smallest absolute Gasteiger partial charge is 0.321 e. The molecule has 0 spiro atoms. The van der Waals surface area contributed by atoms with E-state index in [0.717, 1.165) is 6.42 Å². The Morgan fingerprint density at radius 1 is 1.50 bits per heavy atom. The maximum absolute atomic E-state index is 10.8. The Labute approximate surface area is 85.7 Å². The number of hydrogen-bond acceptors (Lipinski definition) is 2. The van der Waals surface area contributed by atoms with Crippen molar-refractivity contribution in [3.63, 3.8) is 0 Å². The number of rotatable bonds is 4. The highest BCUT2D eigenvalue weighted by Crippen LogP contribution is 2.36. The Kier molecular flexibility index (Phi) is 3.53. The molecule has 1 unspecified atom stereocenters. The third kappa shape index (κ3) is 2.71. The van der Waals surface area contributed by atoms with E-state index in [0.29, 0.717) is 5.92 Å². The molecule has 0 amide bonds. The van der Waals surface area contributed by atoms with E-state index in [1.165, 1.54) is 25.7 Å². The zero-order chi connectivity index (χ0) is 10.8. The van der Waals surface area contributed by atoms with Crippen LogP contribution >= 0.6 is 0 Å². The fraction of sp³-hybridized carbons (Fsp3) is 0.909. The molecule has 0 saturated heterocycles. The largest absolute Gasteiger partial charge is 0.480 e. The Hall–Kier alpha value is -0.570. The van der Waals surface area contributed by atoms with Crippen molar-refractivity contribution in [2.75, 3.05) is 0 Å². The van der Waals surface area contributed by atoms with E-state index in [-0.39, 0.29) is 5.41 Å². The predicted molar refractivity (Wildman–Crippen MR) is 56.0 cm³/mol. The molecule has 1 fully saturated rings. The highest BCUT2D eigenvalue weighted by Gasteiger charge is 2.34. The van der Waals surface area contributed by atoms with E-state index in [9.17, 15) is 4.79 Å². The van der Waals surface area contributed by atoms with Crippen LogP contribution in [0.25, 0.3) is 0 Å². The lowest BCUT2D eigenvalue weighted by atomic mass is 9.76. The van der Waals surface area contributed by atoms with Crippen LogP contribution in [0.2, 0.25) is 0 Å². The van der Waals surface area contributed by atoms with Crippen LogP contribution in [-0.4, -0.2) is 17.1 Å². The second kappa shape index (κ2) is 4.30. The average Bonchev–Trinajstić information content (AvgIpc) is 2.54. The number of nitrogens with two attached hydrogens (primary N) is 1. The number of carboxylic acids is 1. The molecular formula is C11H21NO2. The Morgan fingerprint density at radius 2 is 2.00 bits per heavy atom. The molecule has 0 radical (unpaired) electrons. The quantitative estimate of drug-likeness (QED) is 0.728. The molecule has 14 heavy (non-hydrogen) atoms. The summed E-state index contributed by atoms with van der Waals surface area (Å²) in [6.07, 6.45) is 6.03. The first-order valence-corrected chi connectivity index (χ1v) is 5.42. The maximum Gasteiger partial charge on any atom is 0.321 e. The first-order chi connectivity index (χ1) is 6.43. The number of carbonyl (C=O) groups is 1. The molecule has 1 aliphatic rings. The van der Waals surface area contributed by atoms with Crippen molar-refractivity contribution >= 4 is 5.97 Å². The third-order valence-electron chi connectivity index (χ3n) is 3.40. The van der Waals surface area contributed by atoms with Crippen LogP contribution in [0, 0.1) is 11.3 Å². The highest BCUT2D eigenvalue weighted by atomic mass is 16.4. The molecule has 0 bridgehead atoms. The van der Waals surface area contributed by atoms with Gasteiger partial charge in [-0.2, -0.15) is 0 Å². The molecule has 82 valence electrons. The van der Waals surface area contributed by atoms with Crippen LogP contribution in [0.3, 0.4) is 0 Å². The topological polar surface area (TPSA) is 63.3 Å². The monoisotopic (exact) mass is 199 g/mol. The molecule has 1 rings (SSSR count). The Balaban J connectivity index is 2.51. The standard InChI is InChI=1S/C11H21NO2/c1-11(2,9(12)10(13)14)7-8-5-3-4-6-8/h8-9H,3-7,12H2,1-2H3,(H,13,14). The Morgan fingerprint density at radius 3 is 2.43 bits per heavy atom. The number of carboxylic acid groups (broad SMARTS) is 1. The summed E-state index contributed by atoms with van der Waals surface area (Å²) in [6.45, 7) is 3.92. The predicted octanol–water partition coefficient (Wildman–Crippen LogP) is 2.00. The van der Waals surface area contributed by atoms with Gasteiger partial charge < -0.3 is 10.8 Å². The van der Waals surface area contributed by atoms with E-state index in [1.807, 2.05) is 13.8 Å². The zero-order valence-corrected chi connectivity index (χ0v) is 9.12. The second-order valence-electron chi connectivity index (χ2n) is 5.16.